The van der Waals surface area contributed by atoms with Gasteiger partial charge in [-0.25, -0.2) is 0 Å². The molecule has 0 aliphatic heterocycles. The summed E-state index contributed by atoms with van der Waals surface area (Å²) in [5.41, 5.74) is 0.841. The summed E-state index contributed by atoms with van der Waals surface area (Å²) in [5, 5.41) is 4.06. The summed E-state index contributed by atoms with van der Waals surface area (Å²) in [4.78, 5) is 14.1. The van der Waals surface area contributed by atoms with Crippen LogP contribution in [0.4, 0.5) is 0 Å². The molecule has 0 spiro atoms. The summed E-state index contributed by atoms with van der Waals surface area (Å²) < 4.78 is 5.51. The molecule has 1 aromatic carbocycles. The van der Waals surface area contributed by atoms with Crippen molar-refractivity contribution in [3.05, 3.63) is 57.5 Å². The van der Waals surface area contributed by atoms with Crippen LogP contribution in [0.25, 0.3) is 0 Å². The van der Waals surface area contributed by atoms with Gasteiger partial charge < -0.3 is 9.73 Å². The lowest BCUT2D eigenvalue weighted by Gasteiger charge is -2.19. The molecule has 0 fully saturated rings. The van der Waals surface area contributed by atoms with Gasteiger partial charge in [0.2, 0.25) is 5.91 Å². The van der Waals surface area contributed by atoms with Gasteiger partial charge in [0.15, 0.2) is 0 Å². The summed E-state index contributed by atoms with van der Waals surface area (Å²) in [6.45, 7) is 4.64. The van der Waals surface area contributed by atoms with Crippen molar-refractivity contribution in [1.82, 2.24) is 10.2 Å². The Morgan fingerprint density at radius 2 is 2.04 bits per heavy atom. The average molecular weight is 355 g/mol. The van der Waals surface area contributed by atoms with E-state index in [-0.39, 0.29) is 18.5 Å². The normalized spacial score (nSPS) is 12.4. The van der Waals surface area contributed by atoms with Crippen LogP contribution >= 0.6 is 23.2 Å². The number of furan rings is 1. The molecule has 124 valence electrons. The molecule has 0 saturated heterocycles. The number of carbonyl (C=O) groups excluding carboxylic acids is 1. The Bertz CT molecular complexity index is 685. The van der Waals surface area contributed by atoms with E-state index in [2.05, 4.69) is 5.32 Å². The minimum Gasteiger partial charge on any atom is -0.465 e. The maximum atomic E-state index is 12.2. The Labute approximate surface area is 146 Å². The van der Waals surface area contributed by atoms with Crippen LogP contribution in [0.5, 0.6) is 0 Å². The van der Waals surface area contributed by atoms with E-state index in [1.165, 1.54) is 0 Å². The van der Waals surface area contributed by atoms with Gasteiger partial charge in [0.25, 0.3) is 0 Å². The number of hydrogen-bond donors (Lipinski definition) is 1. The Morgan fingerprint density at radius 3 is 2.65 bits per heavy atom. The van der Waals surface area contributed by atoms with Crippen LogP contribution in [0.15, 0.2) is 34.7 Å². The highest BCUT2D eigenvalue weighted by molar-refractivity contribution is 6.35. The molecule has 2 rings (SSSR count). The lowest BCUT2D eigenvalue weighted by Crippen LogP contribution is -2.36. The summed E-state index contributed by atoms with van der Waals surface area (Å²) in [5.74, 6) is 1.63. The van der Waals surface area contributed by atoms with Crippen molar-refractivity contribution < 1.29 is 9.21 Å². The third kappa shape index (κ3) is 5.27. The number of rotatable bonds is 6. The standard InChI is InChI=1S/C17H20Cl2N2O2/c1-11-4-6-14(23-11)9-21(3)10-17(22)20-12(2)15-7-5-13(18)8-16(15)19/h4-8,12H,9-10H2,1-3H3,(H,20,22)/t12-/m0/s1. The smallest absolute Gasteiger partial charge is 0.234 e. The van der Waals surface area contributed by atoms with E-state index in [9.17, 15) is 4.79 Å². The first-order valence-electron chi connectivity index (χ1n) is 7.33. The van der Waals surface area contributed by atoms with Crippen LogP contribution in [0.3, 0.4) is 0 Å². The van der Waals surface area contributed by atoms with Gasteiger partial charge in [0, 0.05) is 10.0 Å². The van der Waals surface area contributed by atoms with Gasteiger partial charge in [-0.1, -0.05) is 29.3 Å². The zero-order valence-electron chi connectivity index (χ0n) is 13.4. The predicted octanol–water partition coefficient (Wildman–Crippen LogP) is 4.20. The fourth-order valence-electron chi connectivity index (χ4n) is 2.35. The van der Waals surface area contributed by atoms with E-state index in [1.54, 1.807) is 12.1 Å². The highest BCUT2D eigenvalue weighted by Crippen LogP contribution is 2.26. The molecule has 1 atom stereocenters. The van der Waals surface area contributed by atoms with Gasteiger partial charge in [0.1, 0.15) is 11.5 Å². The monoisotopic (exact) mass is 354 g/mol. The van der Waals surface area contributed by atoms with Crippen LogP contribution in [-0.2, 0) is 11.3 Å². The summed E-state index contributed by atoms with van der Waals surface area (Å²) >= 11 is 12.1. The van der Waals surface area contributed by atoms with Crippen molar-refractivity contribution >= 4 is 29.1 Å². The Hall–Kier alpha value is -1.49. The molecule has 0 radical (unpaired) electrons. The van der Waals surface area contributed by atoms with Gasteiger partial charge in [-0.05, 0) is 50.7 Å². The Kier molecular flexibility index (Phi) is 6.10. The third-order valence-corrected chi connectivity index (χ3v) is 4.00. The van der Waals surface area contributed by atoms with Crippen molar-refractivity contribution in [2.75, 3.05) is 13.6 Å². The molecule has 0 bridgehead atoms. The van der Waals surface area contributed by atoms with E-state index in [0.717, 1.165) is 17.1 Å². The van der Waals surface area contributed by atoms with Crippen molar-refractivity contribution in [3.63, 3.8) is 0 Å². The second-order valence-corrected chi connectivity index (χ2v) is 6.48. The average Bonchev–Trinajstić information content (AvgIpc) is 2.83. The number of benzene rings is 1. The SMILES string of the molecule is Cc1ccc(CN(C)CC(=O)N[C@@H](C)c2ccc(Cl)cc2Cl)o1. The molecule has 1 heterocycles. The fraction of sp³-hybridized carbons (Fsp3) is 0.353. The summed E-state index contributed by atoms with van der Waals surface area (Å²) in [6, 6.07) is 8.90. The Balaban J connectivity index is 1.88. The predicted molar refractivity (Wildman–Crippen MR) is 92.8 cm³/mol. The molecular formula is C17H20Cl2N2O2. The molecule has 0 aliphatic rings. The number of nitrogens with one attached hydrogen (secondary N) is 1. The number of carbonyl (C=O) groups is 1. The maximum absolute atomic E-state index is 12.2. The summed E-state index contributed by atoms with van der Waals surface area (Å²) in [7, 11) is 1.87. The first-order valence-corrected chi connectivity index (χ1v) is 8.09. The van der Waals surface area contributed by atoms with Crippen molar-refractivity contribution in [3.8, 4) is 0 Å². The molecule has 2 aromatic rings. The molecular weight excluding hydrogens is 335 g/mol. The van der Waals surface area contributed by atoms with Gasteiger partial charge in [0.05, 0.1) is 19.1 Å². The van der Waals surface area contributed by atoms with Gasteiger partial charge >= 0.3 is 0 Å². The largest absolute Gasteiger partial charge is 0.465 e. The number of nitrogens with zero attached hydrogens (tertiary/aromatic N) is 1. The molecule has 1 N–H and O–H groups in total. The second-order valence-electron chi connectivity index (χ2n) is 5.64. The molecule has 0 unspecified atom stereocenters. The lowest BCUT2D eigenvalue weighted by atomic mass is 10.1. The van der Waals surface area contributed by atoms with Gasteiger partial charge in [-0.2, -0.15) is 0 Å². The first-order chi connectivity index (χ1) is 10.8. The molecule has 0 saturated carbocycles. The minimum atomic E-state index is -0.188. The van der Waals surface area contributed by atoms with Gasteiger partial charge in [-0.3, -0.25) is 9.69 Å². The number of halogens is 2. The highest BCUT2D eigenvalue weighted by Gasteiger charge is 2.15. The topological polar surface area (TPSA) is 45.5 Å². The zero-order valence-corrected chi connectivity index (χ0v) is 14.9. The molecule has 6 heteroatoms. The van der Waals surface area contributed by atoms with Crippen LogP contribution in [-0.4, -0.2) is 24.4 Å². The van der Waals surface area contributed by atoms with Crippen molar-refractivity contribution in [1.29, 1.82) is 0 Å². The van der Waals surface area contributed by atoms with Crippen molar-refractivity contribution in [2.45, 2.75) is 26.4 Å². The lowest BCUT2D eigenvalue weighted by molar-refractivity contribution is -0.122. The van der Waals surface area contributed by atoms with Crippen LogP contribution in [0.2, 0.25) is 10.0 Å². The quantitative estimate of drug-likeness (QED) is 0.845. The Morgan fingerprint density at radius 1 is 1.30 bits per heavy atom. The fourth-order valence-corrected chi connectivity index (χ4v) is 2.93. The van der Waals surface area contributed by atoms with E-state index >= 15 is 0 Å². The van der Waals surface area contributed by atoms with Gasteiger partial charge in [-0.15, -0.1) is 0 Å². The second kappa shape index (κ2) is 7.86. The van der Waals surface area contributed by atoms with Crippen LogP contribution in [0.1, 0.15) is 30.0 Å². The number of likely N-dealkylation sites (N-methyl/N-ethyl adjacent to an activating group) is 1. The maximum Gasteiger partial charge on any atom is 0.234 e. The molecule has 23 heavy (non-hydrogen) atoms. The van der Waals surface area contributed by atoms with Crippen LogP contribution < -0.4 is 5.32 Å². The van der Waals surface area contributed by atoms with E-state index in [0.29, 0.717) is 16.6 Å². The summed E-state index contributed by atoms with van der Waals surface area (Å²) in [6.07, 6.45) is 0. The molecule has 1 aromatic heterocycles. The number of aryl methyl sites for hydroxylation is 1. The molecule has 1 amide bonds. The number of amides is 1. The van der Waals surface area contributed by atoms with E-state index < -0.39 is 0 Å². The zero-order chi connectivity index (χ0) is 17.0. The van der Waals surface area contributed by atoms with Crippen molar-refractivity contribution in [2.24, 2.45) is 0 Å². The van der Waals surface area contributed by atoms with Crippen LogP contribution in [0, 0.1) is 6.92 Å². The minimum absolute atomic E-state index is 0.0747. The number of hydrogen-bond acceptors (Lipinski definition) is 3. The van der Waals surface area contributed by atoms with E-state index in [4.69, 9.17) is 27.6 Å². The molecule has 4 nitrogen and oxygen atoms in total. The highest BCUT2D eigenvalue weighted by atomic mass is 35.5. The van der Waals surface area contributed by atoms with E-state index in [1.807, 2.05) is 44.0 Å². The first kappa shape index (κ1) is 17.9. The molecule has 0 aliphatic carbocycles. The third-order valence-electron chi connectivity index (χ3n) is 3.44.